The predicted octanol–water partition coefficient (Wildman–Crippen LogP) is 2.62. The molecule has 6 heteroatoms. The Morgan fingerprint density at radius 3 is 2.83 bits per heavy atom. The number of aromatic amines is 1. The number of esters is 1. The summed E-state index contributed by atoms with van der Waals surface area (Å²) in [5, 5.41) is 1.26. The number of aromatic nitrogens is 3. The molecule has 1 aromatic carbocycles. The van der Waals surface area contributed by atoms with E-state index in [0.717, 1.165) is 19.5 Å². The van der Waals surface area contributed by atoms with Crippen LogP contribution in [-0.4, -0.2) is 34.6 Å². The van der Waals surface area contributed by atoms with Crippen molar-refractivity contribution in [3.8, 4) is 0 Å². The largest absolute Gasteiger partial charge is 0.465 e. The van der Waals surface area contributed by atoms with Crippen LogP contribution in [0.2, 0.25) is 0 Å². The van der Waals surface area contributed by atoms with Gasteiger partial charge < -0.3 is 14.6 Å². The summed E-state index contributed by atoms with van der Waals surface area (Å²) in [7, 11) is 1.35. The smallest absolute Gasteiger partial charge is 0.341 e. The number of H-pyrrole nitrogens is 1. The highest BCUT2D eigenvalue weighted by molar-refractivity contribution is 5.88. The minimum absolute atomic E-state index is 0.363. The van der Waals surface area contributed by atoms with E-state index in [1.54, 1.807) is 0 Å². The fourth-order valence-electron chi connectivity index (χ4n) is 3.21. The molecule has 6 nitrogen and oxygen atoms in total. The summed E-state index contributed by atoms with van der Waals surface area (Å²) in [6.07, 6.45) is 3.96. The van der Waals surface area contributed by atoms with Gasteiger partial charge in [-0.15, -0.1) is 0 Å². The van der Waals surface area contributed by atoms with Crippen molar-refractivity contribution in [2.75, 3.05) is 18.6 Å². The maximum Gasteiger partial charge on any atom is 0.341 e. The van der Waals surface area contributed by atoms with Crippen LogP contribution in [0, 0.1) is 6.92 Å². The van der Waals surface area contributed by atoms with Crippen molar-refractivity contribution in [1.29, 1.82) is 0 Å². The van der Waals surface area contributed by atoms with E-state index in [2.05, 4.69) is 49.7 Å². The number of methoxy groups -OCH3 is 1. The Balaban J connectivity index is 1.65. The molecule has 1 aliphatic rings. The third-order valence-electron chi connectivity index (χ3n) is 4.47. The molecular formula is C18H18N4O2. The van der Waals surface area contributed by atoms with E-state index in [9.17, 15) is 4.79 Å². The fraction of sp³-hybridized carbons (Fsp3) is 0.278. The summed E-state index contributed by atoms with van der Waals surface area (Å²) in [4.78, 5) is 25.8. The highest BCUT2D eigenvalue weighted by Gasteiger charge is 2.22. The molecule has 3 heterocycles. The van der Waals surface area contributed by atoms with E-state index in [4.69, 9.17) is 0 Å². The Morgan fingerprint density at radius 2 is 2.08 bits per heavy atom. The molecule has 0 radical (unpaired) electrons. The molecule has 4 rings (SSSR count). The first-order valence-electron chi connectivity index (χ1n) is 7.91. The van der Waals surface area contributed by atoms with E-state index < -0.39 is 5.97 Å². The van der Waals surface area contributed by atoms with Crippen LogP contribution in [0.1, 0.15) is 27.2 Å². The zero-order chi connectivity index (χ0) is 16.7. The van der Waals surface area contributed by atoms with Crippen molar-refractivity contribution in [1.82, 2.24) is 15.0 Å². The number of nitrogens with one attached hydrogen (secondary N) is 1. The molecule has 0 bridgehead atoms. The first-order chi connectivity index (χ1) is 11.7. The molecule has 0 aliphatic carbocycles. The van der Waals surface area contributed by atoms with Crippen LogP contribution in [0.15, 0.2) is 30.6 Å². The van der Waals surface area contributed by atoms with Crippen molar-refractivity contribution in [3.05, 3.63) is 53.0 Å². The summed E-state index contributed by atoms with van der Waals surface area (Å²) < 4.78 is 4.68. The Morgan fingerprint density at radius 1 is 1.29 bits per heavy atom. The van der Waals surface area contributed by atoms with Crippen LogP contribution in [0.25, 0.3) is 10.9 Å². The van der Waals surface area contributed by atoms with E-state index in [1.165, 1.54) is 47.2 Å². The van der Waals surface area contributed by atoms with Gasteiger partial charge in [0.15, 0.2) is 0 Å². The van der Waals surface area contributed by atoms with Gasteiger partial charge in [-0.05, 0) is 19.1 Å². The summed E-state index contributed by atoms with van der Waals surface area (Å²) >= 11 is 0. The molecule has 0 unspecified atom stereocenters. The van der Waals surface area contributed by atoms with Gasteiger partial charge in [0.25, 0.3) is 0 Å². The molecule has 2 aromatic heterocycles. The predicted molar refractivity (Wildman–Crippen MR) is 91.2 cm³/mol. The number of ether oxygens (including phenoxy) is 1. The summed E-state index contributed by atoms with van der Waals surface area (Å²) in [5.41, 5.74) is 5.38. The maximum absolute atomic E-state index is 11.5. The summed E-state index contributed by atoms with van der Waals surface area (Å²) in [5.74, 6) is 0.213. The van der Waals surface area contributed by atoms with Crippen LogP contribution < -0.4 is 4.90 Å². The van der Waals surface area contributed by atoms with Crippen molar-refractivity contribution in [2.24, 2.45) is 0 Å². The van der Waals surface area contributed by atoms with Gasteiger partial charge in [0.05, 0.1) is 12.7 Å². The van der Waals surface area contributed by atoms with E-state index in [1.807, 2.05) is 0 Å². The third-order valence-corrected chi connectivity index (χ3v) is 4.47. The number of rotatable bonds is 2. The highest BCUT2D eigenvalue weighted by Crippen LogP contribution is 2.29. The molecule has 24 heavy (non-hydrogen) atoms. The van der Waals surface area contributed by atoms with Crippen LogP contribution >= 0.6 is 0 Å². The molecule has 0 saturated carbocycles. The Labute approximate surface area is 139 Å². The minimum Gasteiger partial charge on any atom is -0.465 e. The first kappa shape index (κ1) is 14.7. The first-order valence-corrected chi connectivity index (χ1v) is 7.91. The van der Waals surface area contributed by atoms with Crippen molar-refractivity contribution >= 4 is 22.8 Å². The van der Waals surface area contributed by atoms with Crippen LogP contribution in [-0.2, 0) is 17.7 Å². The van der Waals surface area contributed by atoms with Crippen molar-refractivity contribution in [3.63, 3.8) is 0 Å². The quantitative estimate of drug-likeness (QED) is 0.734. The highest BCUT2D eigenvalue weighted by atomic mass is 16.5. The lowest BCUT2D eigenvalue weighted by molar-refractivity contribution is 0.0600. The standard InChI is InChI=1S/C18H18N4O2/c1-11-3-4-15-13(7-11)14-10-22(6-5-16(14)21-15)18-19-8-12(9-20-18)17(23)24-2/h3-4,7-9,21H,5-6,10H2,1-2H3. The normalized spacial score (nSPS) is 13.8. The van der Waals surface area contributed by atoms with Gasteiger partial charge in [0.2, 0.25) is 5.95 Å². The number of hydrogen-bond acceptors (Lipinski definition) is 5. The second-order valence-corrected chi connectivity index (χ2v) is 6.07. The number of anilines is 1. The lowest BCUT2D eigenvalue weighted by atomic mass is 10.0. The van der Waals surface area contributed by atoms with Crippen LogP contribution in [0.5, 0.6) is 0 Å². The molecular weight excluding hydrogens is 304 g/mol. The third kappa shape index (κ3) is 2.40. The molecule has 0 amide bonds. The van der Waals surface area contributed by atoms with Crippen LogP contribution in [0.4, 0.5) is 5.95 Å². The Hall–Kier alpha value is -2.89. The minimum atomic E-state index is -0.422. The monoisotopic (exact) mass is 322 g/mol. The van der Waals surface area contributed by atoms with Gasteiger partial charge in [-0.3, -0.25) is 0 Å². The topological polar surface area (TPSA) is 71.1 Å². The zero-order valence-electron chi connectivity index (χ0n) is 13.7. The van der Waals surface area contributed by atoms with Gasteiger partial charge in [0.1, 0.15) is 0 Å². The number of hydrogen-bond donors (Lipinski definition) is 1. The number of benzene rings is 1. The molecule has 122 valence electrons. The number of aryl methyl sites for hydroxylation is 1. The van der Waals surface area contributed by atoms with E-state index in [-0.39, 0.29) is 0 Å². The van der Waals surface area contributed by atoms with Crippen LogP contribution in [0.3, 0.4) is 0 Å². The average Bonchev–Trinajstić information content (AvgIpc) is 2.98. The fourth-order valence-corrected chi connectivity index (χ4v) is 3.21. The lowest BCUT2D eigenvalue weighted by Crippen LogP contribution is -2.31. The molecule has 0 fully saturated rings. The van der Waals surface area contributed by atoms with Gasteiger partial charge in [-0.2, -0.15) is 0 Å². The van der Waals surface area contributed by atoms with Gasteiger partial charge >= 0.3 is 5.97 Å². The molecule has 0 atom stereocenters. The summed E-state index contributed by atoms with van der Waals surface area (Å²) in [6.45, 7) is 3.71. The van der Waals surface area contributed by atoms with Gasteiger partial charge in [-0.25, -0.2) is 14.8 Å². The van der Waals surface area contributed by atoms with E-state index in [0.29, 0.717) is 11.5 Å². The van der Waals surface area contributed by atoms with E-state index >= 15 is 0 Å². The Kier molecular flexibility index (Phi) is 3.45. The average molecular weight is 322 g/mol. The molecule has 0 spiro atoms. The Bertz CT molecular complexity index is 915. The second-order valence-electron chi connectivity index (χ2n) is 6.07. The molecule has 3 aromatic rings. The summed E-state index contributed by atoms with van der Waals surface area (Å²) in [6, 6.07) is 6.47. The number of carbonyl (C=O) groups excluding carboxylic acids is 1. The maximum atomic E-state index is 11.5. The van der Waals surface area contributed by atoms with Crippen molar-refractivity contribution < 1.29 is 9.53 Å². The van der Waals surface area contributed by atoms with Gasteiger partial charge in [-0.1, -0.05) is 11.6 Å². The molecule has 1 aliphatic heterocycles. The van der Waals surface area contributed by atoms with Crippen molar-refractivity contribution in [2.45, 2.75) is 19.9 Å². The van der Waals surface area contributed by atoms with Gasteiger partial charge in [0, 0.05) is 54.1 Å². The zero-order valence-corrected chi connectivity index (χ0v) is 13.7. The number of nitrogens with zero attached hydrogens (tertiary/aromatic N) is 3. The lowest BCUT2D eigenvalue weighted by Gasteiger charge is -2.27. The SMILES string of the molecule is COC(=O)c1cnc(N2CCc3[nH]c4ccc(C)cc4c3C2)nc1. The molecule has 1 N–H and O–H groups in total. The second kappa shape index (κ2) is 5.63. The molecule has 0 saturated heterocycles. The number of fused-ring (bicyclic) bond motifs is 3. The number of carbonyl (C=O) groups is 1.